The number of ether oxygens (including phenoxy) is 1. The Balaban J connectivity index is 1.31. The molecule has 2 fully saturated rings. The first-order valence-corrected chi connectivity index (χ1v) is 12.6. The van der Waals surface area contributed by atoms with Crippen LogP contribution < -0.4 is 4.90 Å². The summed E-state index contributed by atoms with van der Waals surface area (Å²) in [5.74, 6) is 0.774. The van der Waals surface area contributed by atoms with Crippen LogP contribution in [0, 0.1) is 12.8 Å². The normalized spacial score (nSPS) is 20.6. The smallest absolute Gasteiger partial charge is 0.185 e. The van der Waals surface area contributed by atoms with Gasteiger partial charge in [0.25, 0.3) is 0 Å². The van der Waals surface area contributed by atoms with Crippen LogP contribution in [0.3, 0.4) is 0 Å². The third kappa shape index (κ3) is 6.51. The Bertz CT molecular complexity index is 809. The van der Waals surface area contributed by atoms with Gasteiger partial charge in [-0.15, -0.1) is 11.3 Å². The van der Waals surface area contributed by atoms with E-state index in [4.69, 9.17) is 4.74 Å². The average Bonchev–Trinajstić information content (AvgIpc) is 3.43. The first-order valence-electron chi connectivity index (χ1n) is 11.8. The number of rotatable bonds is 9. The van der Waals surface area contributed by atoms with Crippen molar-refractivity contribution in [1.82, 2.24) is 14.8 Å². The fourth-order valence-electron chi connectivity index (χ4n) is 4.80. The van der Waals surface area contributed by atoms with Gasteiger partial charge in [0.1, 0.15) is 0 Å². The number of aromatic nitrogens is 1. The summed E-state index contributed by atoms with van der Waals surface area (Å²) in [7, 11) is 4.13. The van der Waals surface area contributed by atoms with Crippen molar-refractivity contribution in [3.8, 4) is 0 Å². The number of thiazole rings is 1. The van der Waals surface area contributed by atoms with Crippen molar-refractivity contribution in [2.75, 3.05) is 51.8 Å². The molecule has 3 heterocycles. The largest absolute Gasteiger partial charge is 0.377 e. The maximum atomic E-state index is 5.98. The summed E-state index contributed by atoms with van der Waals surface area (Å²) < 4.78 is 5.98. The summed E-state index contributed by atoms with van der Waals surface area (Å²) in [5, 5.41) is 1.09. The minimum Gasteiger partial charge on any atom is -0.377 e. The Morgan fingerprint density at radius 2 is 1.94 bits per heavy atom. The molecule has 0 saturated carbocycles. The quantitative estimate of drug-likeness (QED) is 0.574. The molecular weight excluding hydrogens is 404 g/mol. The number of piperidine rings is 1. The zero-order chi connectivity index (χ0) is 21.6. The minimum atomic E-state index is 0.405. The highest BCUT2D eigenvalue weighted by atomic mass is 32.1. The molecule has 0 radical (unpaired) electrons. The Morgan fingerprint density at radius 1 is 1.13 bits per heavy atom. The van der Waals surface area contributed by atoms with Crippen LogP contribution >= 0.6 is 11.3 Å². The molecular formula is C25H38N4OS. The first-order chi connectivity index (χ1) is 15.1. The fraction of sp³-hybridized carbons (Fsp3) is 0.640. The molecule has 1 aromatic carbocycles. The number of nitrogens with zero attached hydrogens (tertiary/aromatic N) is 4. The number of likely N-dealkylation sites (tertiary alicyclic amines) is 1. The van der Waals surface area contributed by atoms with Crippen LogP contribution in [0.2, 0.25) is 0 Å². The third-order valence-corrected chi connectivity index (χ3v) is 7.82. The van der Waals surface area contributed by atoms with E-state index >= 15 is 0 Å². The van der Waals surface area contributed by atoms with E-state index in [9.17, 15) is 0 Å². The standard InChI is InChI=1S/C25H38N4OS/c1-20-7-4-5-8-22(20)17-28-12-10-21(11-13-28)16-29(18-23-9-6-14-30-23)19-24-15-26-25(31-24)27(2)3/h4-5,7-8,15,21,23H,6,9-14,16-19H2,1-3H3/t23-/m1/s1. The van der Waals surface area contributed by atoms with Crippen LogP contribution in [0.4, 0.5) is 5.13 Å². The average molecular weight is 443 g/mol. The van der Waals surface area contributed by atoms with Gasteiger partial charge in [-0.05, 0) is 62.7 Å². The Labute approximate surface area is 192 Å². The summed E-state index contributed by atoms with van der Waals surface area (Å²) in [5.41, 5.74) is 2.89. The molecule has 0 aliphatic carbocycles. The predicted molar refractivity (Wildman–Crippen MR) is 130 cm³/mol. The zero-order valence-electron chi connectivity index (χ0n) is 19.4. The van der Waals surface area contributed by atoms with Gasteiger partial charge in [-0.3, -0.25) is 9.80 Å². The lowest BCUT2D eigenvalue weighted by molar-refractivity contribution is 0.0573. The summed E-state index contributed by atoms with van der Waals surface area (Å²) in [6.45, 7) is 9.89. The molecule has 6 heteroatoms. The number of benzene rings is 1. The van der Waals surface area contributed by atoms with Gasteiger partial charge in [0.05, 0.1) is 6.10 Å². The lowest BCUT2D eigenvalue weighted by Gasteiger charge is -2.35. The monoisotopic (exact) mass is 442 g/mol. The van der Waals surface area contributed by atoms with Crippen LogP contribution in [-0.2, 0) is 17.8 Å². The van der Waals surface area contributed by atoms with Crippen molar-refractivity contribution < 1.29 is 4.74 Å². The van der Waals surface area contributed by atoms with Gasteiger partial charge < -0.3 is 9.64 Å². The third-order valence-electron chi connectivity index (χ3n) is 6.67. The van der Waals surface area contributed by atoms with Crippen molar-refractivity contribution in [2.45, 2.75) is 51.8 Å². The Morgan fingerprint density at radius 3 is 2.61 bits per heavy atom. The highest BCUT2D eigenvalue weighted by Crippen LogP contribution is 2.26. The van der Waals surface area contributed by atoms with Crippen molar-refractivity contribution in [3.63, 3.8) is 0 Å². The molecule has 2 saturated heterocycles. The van der Waals surface area contributed by atoms with Crippen molar-refractivity contribution in [3.05, 3.63) is 46.5 Å². The fourth-order valence-corrected chi connectivity index (χ4v) is 5.67. The lowest BCUT2D eigenvalue weighted by atomic mass is 9.95. The first kappa shape index (κ1) is 22.7. The van der Waals surface area contributed by atoms with E-state index in [2.05, 4.69) is 71.2 Å². The van der Waals surface area contributed by atoms with Crippen molar-refractivity contribution in [1.29, 1.82) is 0 Å². The van der Waals surface area contributed by atoms with Crippen LogP contribution in [0.15, 0.2) is 30.5 Å². The number of aryl methyl sites for hydroxylation is 1. The van der Waals surface area contributed by atoms with E-state index in [-0.39, 0.29) is 0 Å². The Hall–Kier alpha value is -1.47. The molecule has 0 bridgehead atoms. The molecule has 5 nitrogen and oxygen atoms in total. The highest BCUT2D eigenvalue weighted by molar-refractivity contribution is 7.15. The molecule has 1 atom stereocenters. The van der Waals surface area contributed by atoms with Crippen molar-refractivity contribution in [2.24, 2.45) is 5.92 Å². The molecule has 0 unspecified atom stereocenters. The highest BCUT2D eigenvalue weighted by Gasteiger charge is 2.25. The topological polar surface area (TPSA) is 31.8 Å². The lowest BCUT2D eigenvalue weighted by Crippen LogP contribution is -2.40. The predicted octanol–water partition coefficient (Wildman–Crippen LogP) is 4.41. The maximum Gasteiger partial charge on any atom is 0.185 e. The van der Waals surface area contributed by atoms with Gasteiger partial charge >= 0.3 is 0 Å². The molecule has 1 aromatic heterocycles. The number of hydrogen-bond acceptors (Lipinski definition) is 6. The molecule has 2 aliphatic rings. The van der Waals surface area contributed by atoms with E-state index in [0.29, 0.717) is 6.10 Å². The molecule has 31 heavy (non-hydrogen) atoms. The second-order valence-electron chi connectivity index (χ2n) is 9.48. The van der Waals surface area contributed by atoms with Crippen LogP contribution in [0.5, 0.6) is 0 Å². The van der Waals surface area contributed by atoms with E-state index in [0.717, 1.165) is 37.3 Å². The summed E-state index contributed by atoms with van der Waals surface area (Å²) >= 11 is 1.82. The van der Waals surface area contributed by atoms with Gasteiger partial charge in [-0.2, -0.15) is 0 Å². The van der Waals surface area contributed by atoms with E-state index in [1.807, 2.05) is 11.3 Å². The minimum absolute atomic E-state index is 0.405. The van der Waals surface area contributed by atoms with Gasteiger partial charge in [0, 0.05) is 58.0 Å². The second-order valence-corrected chi connectivity index (χ2v) is 10.6. The van der Waals surface area contributed by atoms with Crippen LogP contribution in [0.1, 0.15) is 41.7 Å². The molecule has 0 N–H and O–H groups in total. The molecule has 170 valence electrons. The molecule has 4 rings (SSSR count). The van der Waals surface area contributed by atoms with E-state index < -0.39 is 0 Å². The summed E-state index contributed by atoms with van der Waals surface area (Å²) in [6.07, 6.45) is 7.47. The number of anilines is 1. The Kier molecular flexibility index (Phi) is 7.99. The zero-order valence-corrected chi connectivity index (χ0v) is 20.2. The van der Waals surface area contributed by atoms with Gasteiger partial charge in [-0.1, -0.05) is 24.3 Å². The summed E-state index contributed by atoms with van der Waals surface area (Å²) in [4.78, 5) is 13.3. The molecule has 2 aliphatic heterocycles. The SMILES string of the molecule is Cc1ccccc1CN1CCC(CN(Cc2cnc(N(C)C)s2)C[C@H]2CCCO2)CC1. The van der Waals surface area contributed by atoms with E-state index in [1.54, 1.807) is 0 Å². The second kappa shape index (κ2) is 10.9. The molecule has 2 aromatic rings. The van der Waals surface area contributed by atoms with Crippen molar-refractivity contribution >= 4 is 16.5 Å². The van der Waals surface area contributed by atoms with Crippen LogP contribution in [-0.4, -0.2) is 67.8 Å². The molecule has 0 amide bonds. The molecule has 0 spiro atoms. The summed E-state index contributed by atoms with van der Waals surface area (Å²) in [6, 6.07) is 8.81. The van der Waals surface area contributed by atoms with Crippen LogP contribution in [0.25, 0.3) is 0 Å². The van der Waals surface area contributed by atoms with Gasteiger partial charge in [0.15, 0.2) is 5.13 Å². The maximum absolute atomic E-state index is 5.98. The number of hydrogen-bond donors (Lipinski definition) is 0. The van der Waals surface area contributed by atoms with E-state index in [1.165, 1.54) is 61.3 Å². The van der Waals surface area contributed by atoms with Gasteiger partial charge in [0.2, 0.25) is 0 Å². The van der Waals surface area contributed by atoms with Gasteiger partial charge in [-0.25, -0.2) is 4.98 Å².